The van der Waals surface area contributed by atoms with E-state index in [-0.39, 0.29) is 11.9 Å². The number of urea groups is 1. The standard InChI is InChI=1S/C12H17F3N4O/c1-18(2)11(20)19-5-3-4-8(7-19)10-16-6-9(17-10)12(13,14)15/h6,8H,3-5,7H2,1-2H3,(H,16,17)/t8-/m0/s1. The first-order valence-electron chi connectivity index (χ1n) is 6.37. The number of likely N-dealkylation sites (tertiary alicyclic amines) is 1. The molecule has 2 heterocycles. The Morgan fingerprint density at radius 2 is 2.20 bits per heavy atom. The number of nitrogens with one attached hydrogen (secondary N) is 1. The zero-order valence-corrected chi connectivity index (χ0v) is 11.4. The second-order valence-electron chi connectivity index (χ2n) is 5.14. The van der Waals surface area contributed by atoms with Gasteiger partial charge in [0.25, 0.3) is 0 Å². The third-order valence-electron chi connectivity index (χ3n) is 3.36. The summed E-state index contributed by atoms with van der Waals surface area (Å²) in [6.07, 6.45) is -2.13. The van der Waals surface area contributed by atoms with Crippen molar-refractivity contribution in [3.05, 3.63) is 17.7 Å². The van der Waals surface area contributed by atoms with E-state index < -0.39 is 11.9 Å². The summed E-state index contributed by atoms with van der Waals surface area (Å²) in [5.41, 5.74) is -0.844. The van der Waals surface area contributed by atoms with E-state index in [1.165, 1.54) is 4.90 Å². The van der Waals surface area contributed by atoms with Gasteiger partial charge in [-0.1, -0.05) is 0 Å². The summed E-state index contributed by atoms with van der Waals surface area (Å²) in [6, 6.07) is -0.127. The van der Waals surface area contributed by atoms with E-state index >= 15 is 0 Å². The van der Waals surface area contributed by atoms with E-state index in [1.807, 2.05) is 0 Å². The lowest BCUT2D eigenvalue weighted by molar-refractivity contribution is -0.141. The van der Waals surface area contributed by atoms with Gasteiger partial charge in [0, 0.05) is 33.1 Å². The van der Waals surface area contributed by atoms with Crippen LogP contribution < -0.4 is 0 Å². The topological polar surface area (TPSA) is 52.2 Å². The number of hydrogen-bond acceptors (Lipinski definition) is 2. The number of aromatic amines is 1. The lowest BCUT2D eigenvalue weighted by Gasteiger charge is -2.33. The van der Waals surface area contributed by atoms with Crippen LogP contribution in [0.4, 0.5) is 18.0 Å². The second kappa shape index (κ2) is 5.34. The second-order valence-corrected chi connectivity index (χ2v) is 5.14. The first kappa shape index (κ1) is 14.7. The molecule has 5 nitrogen and oxygen atoms in total. The number of piperidine rings is 1. The third-order valence-corrected chi connectivity index (χ3v) is 3.36. The van der Waals surface area contributed by atoms with Crippen LogP contribution in [0.5, 0.6) is 0 Å². The van der Waals surface area contributed by atoms with Crippen LogP contribution in [0.2, 0.25) is 0 Å². The highest BCUT2D eigenvalue weighted by atomic mass is 19.4. The van der Waals surface area contributed by atoms with Crippen molar-refractivity contribution in [3.8, 4) is 0 Å². The van der Waals surface area contributed by atoms with Gasteiger partial charge in [-0.05, 0) is 12.8 Å². The van der Waals surface area contributed by atoms with Crippen molar-refractivity contribution in [2.75, 3.05) is 27.2 Å². The molecule has 0 saturated carbocycles. The number of H-pyrrole nitrogens is 1. The molecule has 1 aliphatic heterocycles. The summed E-state index contributed by atoms with van der Waals surface area (Å²) in [6.45, 7) is 1.02. The van der Waals surface area contributed by atoms with Gasteiger partial charge in [0.2, 0.25) is 0 Å². The van der Waals surface area contributed by atoms with Crippen LogP contribution in [0.25, 0.3) is 0 Å². The van der Waals surface area contributed by atoms with Crippen LogP contribution in [-0.2, 0) is 6.18 Å². The molecule has 1 aromatic rings. The predicted octanol–water partition coefficient (Wildman–Crippen LogP) is 2.29. The molecule has 20 heavy (non-hydrogen) atoms. The van der Waals surface area contributed by atoms with Gasteiger partial charge in [0.15, 0.2) is 0 Å². The maximum atomic E-state index is 12.5. The fourth-order valence-corrected chi connectivity index (χ4v) is 2.35. The minimum atomic E-state index is -4.42. The predicted molar refractivity (Wildman–Crippen MR) is 66.2 cm³/mol. The van der Waals surface area contributed by atoms with Crippen LogP contribution in [0.15, 0.2) is 6.20 Å². The number of halogens is 3. The summed E-state index contributed by atoms with van der Waals surface area (Å²) < 4.78 is 37.6. The SMILES string of the molecule is CN(C)C(=O)N1CCC[C@H](c2ncc(C(F)(F)F)[nH]2)C1. The molecule has 2 rings (SSSR count). The number of carbonyl (C=O) groups is 1. The molecule has 1 fully saturated rings. The fraction of sp³-hybridized carbons (Fsp3) is 0.667. The van der Waals surface area contributed by atoms with E-state index in [4.69, 9.17) is 0 Å². The van der Waals surface area contributed by atoms with E-state index in [9.17, 15) is 18.0 Å². The molecule has 0 spiro atoms. The van der Waals surface area contributed by atoms with Gasteiger partial charge in [-0.2, -0.15) is 13.2 Å². The highest BCUT2D eigenvalue weighted by molar-refractivity contribution is 5.74. The maximum absolute atomic E-state index is 12.5. The van der Waals surface area contributed by atoms with Crippen LogP contribution in [-0.4, -0.2) is 53.0 Å². The number of aromatic nitrogens is 2. The number of rotatable bonds is 1. The summed E-state index contributed by atoms with van der Waals surface area (Å²) in [5, 5.41) is 0. The Balaban J connectivity index is 2.09. The summed E-state index contributed by atoms with van der Waals surface area (Å²) in [5.74, 6) is 0.123. The summed E-state index contributed by atoms with van der Waals surface area (Å²) in [4.78, 5) is 21.1. The Hall–Kier alpha value is -1.73. The molecule has 112 valence electrons. The minimum absolute atomic E-state index is 0.127. The molecule has 0 aromatic carbocycles. The maximum Gasteiger partial charge on any atom is 0.432 e. The molecular formula is C12H17F3N4O. The molecule has 1 atom stereocenters. The molecule has 1 N–H and O–H groups in total. The van der Waals surface area contributed by atoms with Crippen molar-refractivity contribution in [1.29, 1.82) is 0 Å². The number of imidazole rings is 1. The Labute approximate surface area is 114 Å². The lowest BCUT2D eigenvalue weighted by atomic mass is 9.97. The van der Waals surface area contributed by atoms with Crippen molar-refractivity contribution in [2.45, 2.75) is 24.9 Å². The molecule has 2 amide bonds. The van der Waals surface area contributed by atoms with Gasteiger partial charge < -0.3 is 14.8 Å². The fourth-order valence-electron chi connectivity index (χ4n) is 2.35. The van der Waals surface area contributed by atoms with Crippen molar-refractivity contribution in [3.63, 3.8) is 0 Å². The molecule has 8 heteroatoms. The molecule has 0 unspecified atom stereocenters. The zero-order chi connectivity index (χ0) is 14.9. The van der Waals surface area contributed by atoms with Gasteiger partial charge in [-0.3, -0.25) is 0 Å². The smallest absolute Gasteiger partial charge is 0.338 e. The minimum Gasteiger partial charge on any atom is -0.338 e. The first-order valence-corrected chi connectivity index (χ1v) is 6.37. The Kier molecular flexibility index (Phi) is 3.92. The normalized spacial score (nSPS) is 20.1. The van der Waals surface area contributed by atoms with Crippen molar-refractivity contribution < 1.29 is 18.0 Å². The third kappa shape index (κ3) is 3.05. The average molecular weight is 290 g/mol. The van der Waals surface area contributed by atoms with Crippen LogP contribution in [0, 0.1) is 0 Å². The van der Waals surface area contributed by atoms with Gasteiger partial charge in [-0.25, -0.2) is 9.78 Å². The van der Waals surface area contributed by atoms with Crippen molar-refractivity contribution in [1.82, 2.24) is 19.8 Å². The first-order chi connectivity index (χ1) is 9.29. The summed E-state index contributed by atoms with van der Waals surface area (Å²) in [7, 11) is 3.31. The largest absolute Gasteiger partial charge is 0.432 e. The Morgan fingerprint density at radius 3 is 2.75 bits per heavy atom. The van der Waals surface area contributed by atoms with E-state index in [0.29, 0.717) is 18.9 Å². The van der Waals surface area contributed by atoms with E-state index in [2.05, 4.69) is 9.97 Å². The quantitative estimate of drug-likeness (QED) is 0.862. The van der Waals surface area contributed by atoms with Crippen LogP contribution >= 0.6 is 0 Å². The van der Waals surface area contributed by atoms with Gasteiger partial charge >= 0.3 is 12.2 Å². The highest BCUT2D eigenvalue weighted by Gasteiger charge is 2.34. The highest BCUT2D eigenvalue weighted by Crippen LogP contribution is 2.31. The van der Waals surface area contributed by atoms with Gasteiger partial charge in [-0.15, -0.1) is 0 Å². The van der Waals surface area contributed by atoms with Crippen LogP contribution in [0.3, 0.4) is 0 Å². The average Bonchev–Trinajstić information content (AvgIpc) is 2.87. The van der Waals surface area contributed by atoms with E-state index in [0.717, 1.165) is 19.0 Å². The Morgan fingerprint density at radius 1 is 1.50 bits per heavy atom. The molecular weight excluding hydrogens is 273 g/mol. The lowest BCUT2D eigenvalue weighted by Crippen LogP contribution is -2.44. The number of amides is 2. The monoisotopic (exact) mass is 290 g/mol. The molecule has 1 saturated heterocycles. The number of hydrogen-bond donors (Lipinski definition) is 1. The van der Waals surface area contributed by atoms with Crippen LogP contribution in [0.1, 0.15) is 30.3 Å². The number of carbonyl (C=O) groups excluding carboxylic acids is 1. The van der Waals surface area contributed by atoms with Gasteiger partial charge in [0.05, 0.1) is 6.20 Å². The van der Waals surface area contributed by atoms with Crippen molar-refractivity contribution >= 4 is 6.03 Å². The molecule has 1 aromatic heterocycles. The number of nitrogens with zero attached hydrogens (tertiary/aromatic N) is 3. The molecule has 0 radical (unpaired) electrons. The molecule has 0 bridgehead atoms. The molecule has 1 aliphatic rings. The summed E-state index contributed by atoms with van der Waals surface area (Å²) >= 11 is 0. The number of alkyl halides is 3. The van der Waals surface area contributed by atoms with E-state index in [1.54, 1.807) is 19.0 Å². The zero-order valence-electron chi connectivity index (χ0n) is 11.4. The van der Waals surface area contributed by atoms with Gasteiger partial charge in [0.1, 0.15) is 11.5 Å². The Bertz CT molecular complexity index is 483. The van der Waals surface area contributed by atoms with Crippen molar-refractivity contribution in [2.24, 2.45) is 0 Å². The molecule has 0 aliphatic carbocycles.